The molecule has 0 unspecified atom stereocenters. The molecule has 0 spiro atoms. The Hall–Kier alpha value is -2.53. The number of nitrogens with zero attached hydrogens (tertiary/aromatic N) is 1. The van der Waals surface area contributed by atoms with Gasteiger partial charge in [0.15, 0.2) is 0 Å². The second-order valence-electron chi connectivity index (χ2n) is 6.41. The molecule has 0 fully saturated rings. The number of fused-ring (bicyclic) bond motifs is 1. The van der Waals surface area contributed by atoms with Gasteiger partial charge in [-0.1, -0.05) is 30.3 Å². The molecule has 0 saturated heterocycles. The third-order valence-electron chi connectivity index (χ3n) is 4.13. The number of carbonyl (C=O) groups excluding carboxylic acids is 1. The number of para-hydroxylation sites is 2. The first-order valence-corrected chi connectivity index (χ1v) is 8.53. The van der Waals surface area contributed by atoms with Crippen LogP contribution >= 0.6 is 0 Å². The fraction of sp³-hybridized carbons (Fsp3) is 0.350. The first-order chi connectivity index (χ1) is 12.1. The number of amides is 1. The van der Waals surface area contributed by atoms with Crippen molar-refractivity contribution in [2.45, 2.75) is 12.5 Å². The maximum absolute atomic E-state index is 12.5. The number of nitrogens with one attached hydrogen (secondary N) is 1. The summed E-state index contributed by atoms with van der Waals surface area (Å²) >= 11 is 0. The molecule has 1 heterocycles. The van der Waals surface area contributed by atoms with Crippen LogP contribution in [0.5, 0.6) is 11.5 Å². The molecule has 0 aromatic heterocycles. The minimum Gasteiger partial charge on any atom is -0.491 e. The van der Waals surface area contributed by atoms with Crippen LogP contribution in [0.3, 0.4) is 0 Å². The van der Waals surface area contributed by atoms with Gasteiger partial charge in [0.2, 0.25) is 0 Å². The molecule has 1 amide bonds. The Morgan fingerprint density at radius 3 is 2.76 bits per heavy atom. The van der Waals surface area contributed by atoms with Gasteiger partial charge in [-0.25, -0.2) is 0 Å². The first kappa shape index (κ1) is 17.3. The van der Waals surface area contributed by atoms with E-state index in [0.29, 0.717) is 24.5 Å². The Labute approximate surface area is 148 Å². The monoisotopic (exact) mass is 340 g/mol. The van der Waals surface area contributed by atoms with E-state index in [9.17, 15) is 4.79 Å². The molecule has 2 aromatic rings. The summed E-state index contributed by atoms with van der Waals surface area (Å²) in [5.41, 5.74) is 1.74. The summed E-state index contributed by atoms with van der Waals surface area (Å²) in [6.07, 6.45) is 0.792. The SMILES string of the molecule is CN(C)CCOc1ccccc1C(=O)NC[C@H]1Cc2ccccc2O1. The lowest BCUT2D eigenvalue weighted by atomic mass is 10.1. The zero-order chi connectivity index (χ0) is 17.6. The van der Waals surface area contributed by atoms with Crippen molar-refractivity contribution in [3.63, 3.8) is 0 Å². The smallest absolute Gasteiger partial charge is 0.255 e. The minimum absolute atomic E-state index is 0.0248. The number of ether oxygens (including phenoxy) is 2. The maximum Gasteiger partial charge on any atom is 0.255 e. The molecular weight excluding hydrogens is 316 g/mol. The van der Waals surface area contributed by atoms with Gasteiger partial charge in [0.25, 0.3) is 5.91 Å². The van der Waals surface area contributed by atoms with Crippen LogP contribution in [0.25, 0.3) is 0 Å². The van der Waals surface area contributed by atoms with E-state index in [2.05, 4.69) is 11.4 Å². The average Bonchev–Trinajstić information content (AvgIpc) is 3.03. The lowest BCUT2D eigenvalue weighted by Crippen LogP contribution is -2.34. The molecule has 1 aliphatic heterocycles. The molecule has 3 rings (SSSR count). The van der Waals surface area contributed by atoms with Crippen LogP contribution in [0, 0.1) is 0 Å². The predicted octanol–water partition coefficient (Wildman–Crippen LogP) is 2.36. The van der Waals surface area contributed by atoms with E-state index in [4.69, 9.17) is 9.47 Å². The highest BCUT2D eigenvalue weighted by atomic mass is 16.5. The van der Waals surface area contributed by atoms with Crippen molar-refractivity contribution in [1.29, 1.82) is 0 Å². The Bertz CT molecular complexity index is 705. The third-order valence-corrected chi connectivity index (χ3v) is 4.13. The van der Waals surface area contributed by atoms with Crippen LogP contribution in [-0.4, -0.2) is 50.7 Å². The van der Waals surface area contributed by atoms with Gasteiger partial charge in [-0.3, -0.25) is 4.79 Å². The van der Waals surface area contributed by atoms with Crippen molar-refractivity contribution >= 4 is 5.91 Å². The van der Waals surface area contributed by atoms with Crippen molar-refractivity contribution in [2.75, 3.05) is 33.8 Å². The van der Waals surface area contributed by atoms with E-state index in [0.717, 1.165) is 18.7 Å². The molecule has 0 bridgehead atoms. The molecule has 0 saturated carbocycles. The highest BCUT2D eigenvalue weighted by Gasteiger charge is 2.23. The standard InChI is InChI=1S/C20H24N2O3/c1-22(2)11-12-24-19-10-6-4-8-17(19)20(23)21-14-16-13-15-7-3-5-9-18(15)25-16/h3-10,16H,11-14H2,1-2H3,(H,21,23)/t16-/m1/s1. The summed E-state index contributed by atoms with van der Waals surface area (Å²) in [5.74, 6) is 1.38. The van der Waals surface area contributed by atoms with Crippen molar-refractivity contribution in [3.05, 3.63) is 59.7 Å². The lowest BCUT2D eigenvalue weighted by Gasteiger charge is -2.15. The van der Waals surface area contributed by atoms with Crippen molar-refractivity contribution in [3.8, 4) is 11.5 Å². The molecule has 1 aliphatic rings. The Morgan fingerprint density at radius 2 is 1.96 bits per heavy atom. The van der Waals surface area contributed by atoms with Crippen LogP contribution in [-0.2, 0) is 6.42 Å². The van der Waals surface area contributed by atoms with Crippen molar-refractivity contribution < 1.29 is 14.3 Å². The topological polar surface area (TPSA) is 50.8 Å². The summed E-state index contributed by atoms with van der Waals surface area (Å²) in [5, 5.41) is 2.96. The van der Waals surface area contributed by atoms with Gasteiger partial charge in [-0.2, -0.15) is 0 Å². The van der Waals surface area contributed by atoms with E-state index in [1.807, 2.05) is 55.4 Å². The molecule has 2 aromatic carbocycles. The van der Waals surface area contributed by atoms with Crippen LogP contribution in [0.2, 0.25) is 0 Å². The second-order valence-corrected chi connectivity index (χ2v) is 6.41. The largest absolute Gasteiger partial charge is 0.491 e. The number of benzene rings is 2. The van der Waals surface area contributed by atoms with Gasteiger partial charge >= 0.3 is 0 Å². The highest BCUT2D eigenvalue weighted by molar-refractivity contribution is 5.96. The Kier molecular flexibility index (Phi) is 5.56. The fourth-order valence-corrected chi connectivity index (χ4v) is 2.79. The molecule has 0 radical (unpaired) electrons. The van der Waals surface area contributed by atoms with Crippen molar-refractivity contribution in [1.82, 2.24) is 10.2 Å². The van der Waals surface area contributed by atoms with E-state index < -0.39 is 0 Å². The minimum atomic E-state index is -0.139. The molecule has 25 heavy (non-hydrogen) atoms. The summed E-state index contributed by atoms with van der Waals surface area (Å²) in [6.45, 7) is 1.81. The van der Waals surface area contributed by atoms with E-state index in [-0.39, 0.29) is 12.0 Å². The first-order valence-electron chi connectivity index (χ1n) is 8.53. The third kappa shape index (κ3) is 4.51. The van der Waals surface area contributed by atoms with Gasteiger partial charge in [-0.15, -0.1) is 0 Å². The molecule has 1 N–H and O–H groups in total. The average molecular weight is 340 g/mol. The number of hydrogen-bond donors (Lipinski definition) is 1. The van der Waals surface area contributed by atoms with Crippen LogP contribution in [0.1, 0.15) is 15.9 Å². The van der Waals surface area contributed by atoms with Crippen molar-refractivity contribution in [2.24, 2.45) is 0 Å². The van der Waals surface area contributed by atoms with Gasteiger partial charge in [0.05, 0.1) is 12.1 Å². The van der Waals surface area contributed by atoms with Gasteiger partial charge in [0.1, 0.15) is 24.2 Å². The number of carbonyl (C=O) groups is 1. The van der Waals surface area contributed by atoms with Crippen LogP contribution in [0.4, 0.5) is 0 Å². The lowest BCUT2D eigenvalue weighted by molar-refractivity contribution is 0.0929. The predicted molar refractivity (Wildman–Crippen MR) is 97.4 cm³/mol. The highest BCUT2D eigenvalue weighted by Crippen LogP contribution is 2.27. The zero-order valence-corrected chi connectivity index (χ0v) is 14.7. The number of rotatable bonds is 7. The quantitative estimate of drug-likeness (QED) is 0.841. The van der Waals surface area contributed by atoms with E-state index in [1.165, 1.54) is 5.56 Å². The Morgan fingerprint density at radius 1 is 1.20 bits per heavy atom. The normalized spacial score (nSPS) is 15.6. The summed E-state index contributed by atoms with van der Waals surface area (Å²) in [4.78, 5) is 14.6. The number of hydrogen-bond acceptors (Lipinski definition) is 4. The fourth-order valence-electron chi connectivity index (χ4n) is 2.79. The van der Waals surface area contributed by atoms with Gasteiger partial charge < -0.3 is 19.7 Å². The van der Waals surface area contributed by atoms with Crippen LogP contribution in [0.15, 0.2) is 48.5 Å². The molecule has 5 nitrogen and oxygen atoms in total. The summed E-state index contributed by atoms with van der Waals surface area (Å²) in [6, 6.07) is 15.3. The molecule has 0 aliphatic carbocycles. The second kappa shape index (κ2) is 8.03. The molecular formula is C20H24N2O3. The van der Waals surface area contributed by atoms with E-state index in [1.54, 1.807) is 6.07 Å². The molecule has 5 heteroatoms. The maximum atomic E-state index is 12.5. The molecule has 1 atom stereocenters. The molecule has 132 valence electrons. The number of likely N-dealkylation sites (N-methyl/N-ethyl adjacent to an activating group) is 1. The summed E-state index contributed by atoms with van der Waals surface area (Å²) < 4.78 is 11.6. The Balaban J connectivity index is 1.55. The summed E-state index contributed by atoms with van der Waals surface area (Å²) in [7, 11) is 3.98. The van der Waals surface area contributed by atoms with Gasteiger partial charge in [0, 0.05) is 13.0 Å². The van der Waals surface area contributed by atoms with E-state index >= 15 is 0 Å². The van der Waals surface area contributed by atoms with Gasteiger partial charge in [-0.05, 0) is 37.9 Å². The zero-order valence-electron chi connectivity index (χ0n) is 14.7. The van der Waals surface area contributed by atoms with Crippen LogP contribution < -0.4 is 14.8 Å².